The van der Waals surface area contributed by atoms with Crippen molar-refractivity contribution in [3.05, 3.63) is 88.6 Å². The van der Waals surface area contributed by atoms with Crippen molar-refractivity contribution in [3.8, 4) is 16.9 Å². The van der Waals surface area contributed by atoms with E-state index in [0.29, 0.717) is 42.0 Å². The highest BCUT2D eigenvalue weighted by Crippen LogP contribution is 2.32. The molecule has 3 aliphatic heterocycles. The number of imide groups is 1. The number of likely N-dealkylation sites (tertiary alicyclic amines) is 2. The maximum Gasteiger partial charge on any atom is 0.328 e. The summed E-state index contributed by atoms with van der Waals surface area (Å²) in [5.41, 5.74) is 4.37. The molecule has 5 heterocycles. The van der Waals surface area contributed by atoms with Crippen LogP contribution in [0.3, 0.4) is 0 Å². The second-order valence-electron chi connectivity index (χ2n) is 14.3. The van der Waals surface area contributed by atoms with E-state index in [1.54, 1.807) is 30.6 Å². The number of aryl methyl sites for hydroxylation is 1. The molecule has 0 spiro atoms. The molecule has 4 aromatic rings. The molecule has 3 saturated heterocycles. The minimum absolute atomic E-state index is 0.0155. The van der Waals surface area contributed by atoms with Crippen LogP contribution in [0.4, 0.5) is 10.5 Å². The number of carbonyl (C=O) groups excluding carboxylic acids is 3. The first-order valence-corrected chi connectivity index (χ1v) is 18.8. The minimum Gasteiger partial charge on any atom is -0.495 e. The summed E-state index contributed by atoms with van der Waals surface area (Å²) in [5.74, 6) is 0.0562. The number of urea groups is 1. The van der Waals surface area contributed by atoms with Gasteiger partial charge in [0.15, 0.2) is 0 Å². The number of rotatable bonds is 11. The van der Waals surface area contributed by atoms with Crippen molar-refractivity contribution >= 4 is 34.3 Å². The highest BCUT2D eigenvalue weighted by atomic mass is 16.5. The summed E-state index contributed by atoms with van der Waals surface area (Å²) >= 11 is 0. The standard InChI is InChI=1S/C41H48N6O6/c1-3-4-18-46-27-35(33-11-17-42-25-34(33)40(46)50)29-7-5-28(6-8-29)26-44-19-12-31(13-20-44)53-32-14-21-45(22-15-32)39(49)30-9-10-37(52-2)36(24-30)47-23-16-38(48)43-41(47)51/h5-11,17,24-25,27,31-32H,3-4,12-16,18-23,26H2,1-2H3,(H,43,48,51). The quantitative estimate of drug-likeness (QED) is 0.212. The summed E-state index contributed by atoms with van der Waals surface area (Å²) in [5, 5.41) is 3.92. The third kappa shape index (κ3) is 8.13. The molecular weight excluding hydrogens is 672 g/mol. The van der Waals surface area contributed by atoms with Crippen molar-refractivity contribution in [2.24, 2.45) is 0 Å². The number of nitrogens with zero attached hydrogens (tertiary/aromatic N) is 5. The average Bonchev–Trinajstić information content (AvgIpc) is 3.19. The van der Waals surface area contributed by atoms with Gasteiger partial charge >= 0.3 is 6.03 Å². The van der Waals surface area contributed by atoms with E-state index in [1.165, 1.54) is 17.6 Å². The number of hydrogen-bond donors (Lipinski definition) is 1. The molecule has 12 nitrogen and oxygen atoms in total. The van der Waals surface area contributed by atoms with Crippen molar-refractivity contribution in [1.29, 1.82) is 0 Å². The smallest absolute Gasteiger partial charge is 0.328 e. The van der Waals surface area contributed by atoms with E-state index in [2.05, 4.69) is 46.4 Å². The Morgan fingerprint density at radius 2 is 1.64 bits per heavy atom. The van der Waals surface area contributed by atoms with Crippen LogP contribution in [0.2, 0.25) is 0 Å². The predicted molar refractivity (Wildman–Crippen MR) is 203 cm³/mol. The molecule has 1 N–H and O–H groups in total. The monoisotopic (exact) mass is 720 g/mol. The Morgan fingerprint density at radius 3 is 2.34 bits per heavy atom. The second kappa shape index (κ2) is 16.3. The summed E-state index contributed by atoms with van der Waals surface area (Å²) in [6.07, 6.45) is 11.4. The van der Waals surface area contributed by atoms with Crippen LogP contribution in [-0.4, -0.2) is 89.2 Å². The zero-order valence-corrected chi connectivity index (χ0v) is 30.6. The SMILES string of the molecule is CCCCn1cc(-c2ccc(CN3CCC(OC4CCN(C(=O)c5ccc(OC)c(N6CCC(=O)NC6=O)c5)CC4)CC3)cc2)c2ccncc2c1=O. The van der Waals surface area contributed by atoms with Crippen LogP contribution in [0, 0.1) is 0 Å². The molecule has 278 valence electrons. The maximum atomic E-state index is 13.5. The Hall–Kier alpha value is -5.07. The summed E-state index contributed by atoms with van der Waals surface area (Å²) in [7, 11) is 1.52. The van der Waals surface area contributed by atoms with Gasteiger partial charge in [-0.25, -0.2) is 4.79 Å². The van der Waals surface area contributed by atoms with Gasteiger partial charge in [0, 0.05) is 82.0 Å². The fourth-order valence-corrected chi connectivity index (χ4v) is 7.69. The highest BCUT2D eigenvalue weighted by molar-refractivity contribution is 6.07. The van der Waals surface area contributed by atoms with Crippen molar-refractivity contribution in [2.45, 2.75) is 77.2 Å². The average molecular weight is 721 g/mol. The van der Waals surface area contributed by atoms with E-state index in [0.717, 1.165) is 74.7 Å². The van der Waals surface area contributed by atoms with E-state index in [4.69, 9.17) is 9.47 Å². The number of piperidine rings is 2. The van der Waals surface area contributed by atoms with Gasteiger partial charge in [-0.15, -0.1) is 0 Å². The van der Waals surface area contributed by atoms with E-state index >= 15 is 0 Å². The number of hydrogen-bond acceptors (Lipinski definition) is 8. The molecule has 0 aliphatic carbocycles. The molecule has 7 rings (SSSR count). The van der Waals surface area contributed by atoms with Gasteiger partial charge in [0.2, 0.25) is 5.91 Å². The van der Waals surface area contributed by atoms with Crippen LogP contribution in [-0.2, 0) is 22.6 Å². The van der Waals surface area contributed by atoms with Gasteiger partial charge in [0.1, 0.15) is 5.75 Å². The second-order valence-corrected chi connectivity index (χ2v) is 14.3. The number of anilines is 1. The summed E-state index contributed by atoms with van der Waals surface area (Å²) < 4.78 is 13.9. The maximum absolute atomic E-state index is 13.5. The number of aromatic nitrogens is 2. The van der Waals surface area contributed by atoms with Gasteiger partial charge in [-0.05, 0) is 72.9 Å². The van der Waals surface area contributed by atoms with Crippen molar-refractivity contribution in [1.82, 2.24) is 24.7 Å². The van der Waals surface area contributed by atoms with Crippen molar-refractivity contribution < 1.29 is 23.9 Å². The lowest BCUT2D eigenvalue weighted by Gasteiger charge is -2.37. The van der Waals surface area contributed by atoms with Crippen molar-refractivity contribution in [3.63, 3.8) is 0 Å². The third-order valence-electron chi connectivity index (χ3n) is 10.7. The van der Waals surface area contributed by atoms with Crippen LogP contribution >= 0.6 is 0 Å². The number of amides is 4. The largest absolute Gasteiger partial charge is 0.495 e. The topological polar surface area (TPSA) is 126 Å². The lowest BCUT2D eigenvalue weighted by molar-refractivity contribution is -0.120. The molecule has 12 heteroatoms. The van der Waals surface area contributed by atoms with Crippen LogP contribution < -0.4 is 20.5 Å². The van der Waals surface area contributed by atoms with Gasteiger partial charge in [-0.1, -0.05) is 37.6 Å². The molecule has 0 atom stereocenters. The molecule has 2 aromatic heterocycles. The summed E-state index contributed by atoms with van der Waals surface area (Å²) in [6.45, 7) is 7.07. The van der Waals surface area contributed by atoms with Crippen molar-refractivity contribution in [2.75, 3.05) is 44.7 Å². The molecule has 3 aliphatic rings. The molecule has 0 radical (unpaired) electrons. The number of unbranched alkanes of at least 4 members (excludes halogenated alkanes) is 1. The number of ether oxygens (including phenoxy) is 2. The zero-order chi connectivity index (χ0) is 36.9. The van der Waals surface area contributed by atoms with E-state index in [9.17, 15) is 19.2 Å². The molecule has 0 saturated carbocycles. The molecular formula is C41H48N6O6. The number of nitrogens with one attached hydrogen (secondary N) is 1. The van der Waals surface area contributed by atoms with Crippen LogP contribution in [0.1, 0.15) is 67.8 Å². The summed E-state index contributed by atoms with van der Waals surface area (Å²) in [6, 6.07) is 15.2. The number of benzene rings is 2. The fraction of sp³-hybridized carbons (Fsp3) is 0.439. The van der Waals surface area contributed by atoms with Gasteiger partial charge in [-0.3, -0.25) is 34.5 Å². The Balaban J connectivity index is 0.893. The summed E-state index contributed by atoms with van der Waals surface area (Å²) in [4.78, 5) is 60.7. The van der Waals surface area contributed by atoms with Gasteiger partial charge in [-0.2, -0.15) is 0 Å². The van der Waals surface area contributed by atoms with E-state index in [1.807, 2.05) is 21.7 Å². The van der Waals surface area contributed by atoms with Gasteiger partial charge in [0.25, 0.3) is 11.5 Å². The molecule has 53 heavy (non-hydrogen) atoms. The lowest BCUT2D eigenvalue weighted by atomic mass is 10.00. The lowest BCUT2D eigenvalue weighted by Crippen LogP contribution is -2.49. The number of carbonyl (C=O) groups is 3. The molecule has 4 amide bonds. The van der Waals surface area contributed by atoms with Crippen LogP contribution in [0.5, 0.6) is 5.75 Å². The third-order valence-corrected chi connectivity index (χ3v) is 10.7. The van der Waals surface area contributed by atoms with E-state index in [-0.39, 0.29) is 42.5 Å². The van der Waals surface area contributed by atoms with Crippen LogP contribution in [0.15, 0.2) is 71.9 Å². The van der Waals surface area contributed by atoms with Gasteiger partial charge < -0.3 is 18.9 Å². The molecule has 0 unspecified atom stereocenters. The Labute approximate surface area is 309 Å². The normalized spacial score (nSPS) is 17.7. The number of fused-ring (bicyclic) bond motifs is 1. The van der Waals surface area contributed by atoms with Crippen LogP contribution in [0.25, 0.3) is 21.9 Å². The number of methoxy groups -OCH3 is 1. The molecule has 0 bridgehead atoms. The Kier molecular flexibility index (Phi) is 11.2. The highest BCUT2D eigenvalue weighted by Gasteiger charge is 2.30. The predicted octanol–water partition coefficient (Wildman–Crippen LogP) is 5.60. The van der Waals surface area contributed by atoms with E-state index < -0.39 is 6.03 Å². The Bertz CT molecular complexity index is 2010. The zero-order valence-electron chi connectivity index (χ0n) is 30.6. The molecule has 3 fully saturated rings. The first-order chi connectivity index (χ1) is 25.8. The molecule has 2 aromatic carbocycles. The Morgan fingerprint density at radius 1 is 0.906 bits per heavy atom. The van der Waals surface area contributed by atoms with Gasteiger partial charge in [0.05, 0.1) is 30.4 Å². The first-order valence-electron chi connectivity index (χ1n) is 18.8. The fourth-order valence-electron chi connectivity index (χ4n) is 7.69. The minimum atomic E-state index is -0.519. The first kappa shape index (κ1) is 36.3. The number of pyridine rings is 2.